The largest absolute Gasteiger partial charge is 0.416 e. The maximum absolute atomic E-state index is 12.7. The highest BCUT2D eigenvalue weighted by molar-refractivity contribution is 5.78. The zero-order chi connectivity index (χ0) is 18.7. The number of alkyl halides is 3. The van der Waals surface area contributed by atoms with Crippen LogP contribution in [0.5, 0.6) is 0 Å². The van der Waals surface area contributed by atoms with Gasteiger partial charge in [0.15, 0.2) is 0 Å². The van der Waals surface area contributed by atoms with Crippen LogP contribution in [0.15, 0.2) is 48.5 Å². The fraction of sp³-hybridized carbons (Fsp3) is 0.278. The first kappa shape index (κ1) is 18.2. The number of rotatable bonds is 6. The number of para-hydroxylation sites is 2. The Morgan fingerprint density at radius 3 is 2.42 bits per heavy atom. The van der Waals surface area contributed by atoms with Crippen LogP contribution in [0.2, 0.25) is 0 Å². The second kappa shape index (κ2) is 7.35. The molecule has 0 aliphatic heterocycles. The van der Waals surface area contributed by atoms with Crippen LogP contribution in [0, 0.1) is 0 Å². The monoisotopic (exact) mass is 365 g/mol. The van der Waals surface area contributed by atoms with Gasteiger partial charge in [0.2, 0.25) is 5.95 Å². The first-order valence-corrected chi connectivity index (χ1v) is 8.05. The smallest absolute Gasteiger partial charge is 0.395 e. The van der Waals surface area contributed by atoms with Gasteiger partial charge in [-0.1, -0.05) is 24.3 Å². The highest BCUT2D eigenvalue weighted by Crippen LogP contribution is 2.30. The van der Waals surface area contributed by atoms with E-state index >= 15 is 0 Å². The molecule has 0 bridgehead atoms. The molecule has 1 unspecified atom stereocenters. The van der Waals surface area contributed by atoms with Crippen LogP contribution in [-0.2, 0) is 12.7 Å². The third-order valence-corrected chi connectivity index (χ3v) is 4.03. The Labute approximate surface area is 147 Å². The fourth-order valence-corrected chi connectivity index (χ4v) is 2.74. The van der Waals surface area contributed by atoms with Crippen LogP contribution in [-0.4, -0.2) is 32.9 Å². The molecule has 0 amide bonds. The van der Waals surface area contributed by atoms with Gasteiger partial charge in [-0.15, -0.1) is 0 Å². The van der Waals surface area contributed by atoms with Crippen molar-refractivity contribution in [1.29, 1.82) is 0 Å². The van der Waals surface area contributed by atoms with E-state index in [0.29, 0.717) is 23.6 Å². The molecule has 0 saturated carbocycles. The minimum Gasteiger partial charge on any atom is -0.395 e. The number of aromatic nitrogens is 2. The Balaban J connectivity index is 1.87. The molecule has 2 aromatic carbocycles. The minimum atomic E-state index is -4.41. The van der Waals surface area contributed by atoms with E-state index in [1.165, 1.54) is 12.1 Å². The highest BCUT2D eigenvalue weighted by Gasteiger charge is 2.30. The van der Waals surface area contributed by atoms with E-state index in [-0.39, 0.29) is 13.2 Å². The summed E-state index contributed by atoms with van der Waals surface area (Å²) in [5.41, 5.74) is 1.11. The molecule has 1 heterocycles. The molecular weight excluding hydrogens is 347 g/mol. The number of aliphatic hydroxyl groups excluding tert-OH is 2. The van der Waals surface area contributed by atoms with Crippen LogP contribution in [0.4, 0.5) is 19.1 Å². The quantitative estimate of drug-likeness (QED) is 0.627. The highest BCUT2D eigenvalue weighted by atomic mass is 19.4. The molecule has 0 aliphatic rings. The van der Waals surface area contributed by atoms with Crippen molar-refractivity contribution in [2.75, 3.05) is 18.5 Å². The number of anilines is 1. The van der Waals surface area contributed by atoms with Crippen molar-refractivity contribution in [3.05, 3.63) is 59.7 Å². The van der Waals surface area contributed by atoms with Crippen LogP contribution in [0.25, 0.3) is 11.0 Å². The van der Waals surface area contributed by atoms with E-state index < -0.39 is 17.8 Å². The lowest BCUT2D eigenvalue weighted by molar-refractivity contribution is -0.137. The predicted octanol–water partition coefficient (Wildman–Crippen LogP) is 3.19. The SMILES string of the molecule is OCCNc1nc2ccccc2n1CC(O)c1ccc(C(F)(F)F)cc1. The molecule has 138 valence electrons. The maximum Gasteiger partial charge on any atom is 0.416 e. The lowest BCUT2D eigenvalue weighted by Gasteiger charge is -2.16. The summed E-state index contributed by atoms with van der Waals surface area (Å²) in [5.74, 6) is 0.478. The van der Waals surface area contributed by atoms with Gasteiger partial charge in [0, 0.05) is 6.54 Å². The van der Waals surface area contributed by atoms with Crippen molar-refractivity contribution in [2.24, 2.45) is 0 Å². The van der Waals surface area contributed by atoms with Crippen molar-refractivity contribution < 1.29 is 23.4 Å². The predicted molar refractivity (Wildman–Crippen MR) is 91.7 cm³/mol. The number of hydrogen-bond donors (Lipinski definition) is 3. The second-order valence-electron chi connectivity index (χ2n) is 5.82. The summed E-state index contributed by atoms with van der Waals surface area (Å²) >= 11 is 0. The molecule has 0 saturated heterocycles. The molecule has 1 aromatic heterocycles. The topological polar surface area (TPSA) is 70.3 Å². The van der Waals surface area contributed by atoms with Gasteiger partial charge in [-0.2, -0.15) is 13.2 Å². The van der Waals surface area contributed by atoms with Crippen molar-refractivity contribution in [1.82, 2.24) is 9.55 Å². The normalized spacial score (nSPS) is 13.1. The average molecular weight is 365 g/mol. The van der Waals surface area contributed by atoms with E-state index in [1.54, 1.807) is 4.57 Å². The Bertz CT molecular complexity index is 876. The lowest BCUT2D eigenvalue weighted by atomic mass is 10.1. The average Bonchev–Trinajstić information content (AvgIpc) is 2.97. The molecule has 3 rings (SSSR count). The van der Waals surface area contributed by atoms with E-state index in [2.05, 4.69) is 10.3 Å². The maximum atomic E-state index is 12.7. The van der Waals surface area contributed by atoms with E-state index in [9.17, 15) is 18.3 Å². The number of aliphatic hydroxyl groups is 2. The Kier molecular flexibility index (Phi) is 5.15. The van der Waals surface area contributed by atoms with Crippen LogP contribution in [0.1, 0.15) is 17.2 Å². The second-order valence-corrected chi connectivity index (χ2v) is 5.82. The molecule has 0 radical (unpaired) electrons. The summed E-state index contributed by atoms with van der Waals surface area (Å²) < 4.78 is 39.7. The minimum absolute atomic E-state index is 0.0787. The van der Waals surface area contributed by atoms with E-state index in [4.69, 9.17) is 5.11 Å². The lowest BCUT2D eigenvalue weighted by Crippen LogP contribution is -2.15. The molecule has 0 spiro atoms. The van der Waals surface area contributed by atoms with Gasteiger partial charge in [-0.05, 0) is 29.8 Å². The zero-order valence-corrected chi connectivity index (χ0v) is 13.7. The zero-order valence-electron chi connectivity index (χ0n) is 13.7. The van der Waals surface area contributed by atoms with Crippen LogP contribution in [0.3, 0.4) is 0 Å². The van der Waals surface area contributed by atoms with Gasteiger partial charge < -0.3 is 20.1 Å². The molecular formula is C18H18F3N3O2. The van der Waals surface area contributed by atoms with Crippen molar-refractivity contribution in [3.8, 4) is 0 Å². The van der Waals surface area contributed by atoms with Gasteiger partial charge in [0.1, 0.15) is 0 Å². The van der Waals surface area contributed by atoms with Gasteiger partial charge in [-0.25, -0.2) is 4.98 Å². The third-order valence-electron chi connectivity index (χ3n) is 4.03. The number of nitrogens with one attached hydrogen (secondary N) is 1. The number of imidazole rings is 1. The molecule has 5 nitrogen and oxygen atoms in total. The van der Waals surface area contributed by atoms with Gasteiger partial charge in [-0.3, -0.25) is 0 Å². The van der Waals surface area contributed by atoms with Crippen molar-refractivity contribution >= 4 is 17.0 Å². The fourth-order valence-electron chi connectivity index (χ4n) is 2.74. The Morgan fingerprint density at radius 2 is 1.77 bits per heavy atom. The number of hydrogen-bond acceptors (Lipinski definition) is 4. The molecule has 0 fully saturated rings. The molecule has 8 heteroatoms. The number of fused-ring (bicyclic) bond motifs is 1. The summed E-state index contributed by atoms with van der Waals surface area (Å²) in [4.78, 5) is 4.42. The Morgan fingerprint density at radius 1 is 1.08 bits per heavy atom. The molecule has 1 atom stereocenters. The molecule has 3 aromatic rings. The molecule has 26 heavy (non-hydrogen) atoms. The number of benzene rings is 2. The van der Waals surface area contributed by atoms with Crippen LogP contribution >= 0.6 is 0 Å². The summed E-state index contributed by atoms with van der Waals surface area (Å²) in [6, 6.07) is 11.8. The number of nitrogens with zero attached hydrogens (tertiary/aromatic N) is 2. The van der Waals surface area contributed by atoms with E-state index in [1.807, 2.05) is 24.3 Å². The molecule has 3 N–H and O–H groups in total. The first-order valence-electron chi connectivity index (χ1n) is 8.05. The van der Waals surface area contributed by atoms with E-state index in [0.717, 1.165) is 17.6 Å². The molecule has 0 aliphatic carbocycles. The Hall–Kier alpha value is -2.58. The van der Waals surface area contributed by atoms with Gasteiger partial charge in [0.05, 0.1) is 35.9 Å². The van der Waals surface area contributed by atoms with Gasteiger partial charge in [0.25, 0.3) is 0 Å². The summed E-state index contributed by atoms with van der Waals surface area (Å²) in [6.07, 6.45) is -5.42. The summed E-state index contributed by atoms with van der Waals surface area (Å²) in [6.45, 7) is 0.323. The summed E-state index contributed by atoms with van der Waals surface area (Å²) in [7, 11) is 0. The standard InChI is InChI=1S/C18H18F3N3O2/c19-18(20,21)13-7-5-12(6-8-13)16(26)11-24-15-4-2-1-3-14(15)23-17(24)22-9-10-25/h1-8,16,25-26H,9-11H2,(H,22,23). The number of halogens is 3. The third kappa shape index (κ3) is 3.81. The van der Waals surface area contributed by atoms with Crippen molar-refractivity contribution in [3.63, 3.8) is 0 Å². The van der Waals surface area contributed by atoms with Crippen LogP contribution < -0.4 is 5.32 Å². The first-order chi connectivity index (χ1) is 12.4. The van der Waals surface area contributed by atoms with Crippen molar-refractivity contribution in [2.45, 2.75) is 18.8 Å². The summed E-state index contributed by atoms with van der Waals surface area (Å²) in [5, 5.41) is 22.5. The van der Waals surface area contributed by atoms with Gasteiger partial charge >= 0.3 is 6.18 Å².